The standard InChI is InChI=1S/C27H45N3O3/c1-25(2)18-23(29-19-20-9-7-8-10-21(20)33-6)27(14-13-26(3,32)17-22(25)27)12-11-24(31)28-15-16-30(4)5/h7-10,22-23,29,32H,11-19H2,1-6H3,(H,28,31)/t22-,23-,26+,27+/m0/s1. The molecule has 4 atom stereocenters. The Hall–Kier alpha value is -1.63. The highest BCUT2D eigenvalue weighted by Gasteiger charge is 2.61. The highest BCUT2D eigenvalue weighted by Crippen LogP contribution is 2.63. The second kappa shape index (κ2) is 10.3. The van der Waals surface area contributed by atoms with Crippen molar-refractivity contribution in [2.24, 2.45) is 16.7 Å². The molecule has 2 fully saturated rings. The predicted molar refractivity (Wildman–Crippen MR) is 133 cm³/mol. The van der Waals surface area contributed by atoms with Gasteiger partial charge >= 0.3 is 0 Å². The quantitative estimate of drug-likeness (QED) is 0.499. The second-order valence-electron chi connectivity index (χ2n) is 11.6. The first-order valence-corrected chi connectivity index (χ1v) is 12.5. The maximum absolute atomic E-state index is 12.7. The highest BCUT2D eigenvalue weighted by atomic mass is 16.5. The van der Waals surface area contributed by atoms with Crippen molar-refractivity contribution in [1.82, 2.24) is 15.5 Å². The Balaban J connectivity index is 1.77. The van der Waals surface area contributed by atoms with Gasteiger partial charge in [0.1, 0.15) is 5.75 Å². The van der Waals surface area contributed by atoms with E-state index in [0.717, 1.165) is 56.5 Å². The molecule has 0 unspecified atom stereocenters. The third-order valence-electron chi connectivity index (χ3n) is 8.26. The number of amides is 1. The molecule has 1 aromatic carbocycles. The fraction of sp³-hybridized carbons (Fsp3) is 0.741. The van der Waals surface area contributed by atoms with Crippen LogP contribution in [0.1, 0.15) is 64.9 Å². The highest BCUT2D eigenvalue weighted by molar-refractivity contribution is 5.75. The van der Waals surface area contributed by atoms with E-state index < -0.39 is 5.60 Å². The zero-order valence-electron chi connectivity index (χ0n) is 21.5. The normalized spacial score (nSPS) is 30.8. The average Bonchev–Trinajstić information content (AvgIpc) is 2.96. The van der Waals surface area contributed by atoms with Crippen molar-refractivity contribution in [1.29, 1.82) is 0 Å². The molecule has 2 aliphatic rings. The van der Waals surface area contributed by atoms with Crippen LogP contribution in [0, 0.1) is 16.7 Å². The second-order valence-corrected chi connectivity index (χ2v) is 11.6. The molecule has 2 saturated carbocycles. The number of benzene rings is 1. The molecule has 3 rings (SSSR count). The maximum Gasteiger partial charge on any atom is 0.220 e. The van der Waals surface area contributed by atoms with Crippen molar-refractivity contribution in [2.45, 2.75) is 77.5 Å². The van der Waals surface area contributed by atoms with Crippen molar-refractivity contribution in [3.05, 3.63) is 29.8 Å². The third kappa shape index (κ3) is 6.09. The molecule has 0 radical (unpaired) electrons. The first-order chi connectivity index (χ1) is 15.5. The molecule has 186 valence electrons. The van der Waals surface area contributed by atoms with Crippen molar-refractivity contribution in [2.75, 3.05) is 34.3 Å². The summed E-state index contributed by atoms with van der Waals surface area (Å²) in [5.74, 6) is 1.41. The number of rotatable bonds is 10. The van der Waals surface area contributed by atoms with Crippen LogP contribution in [-0.4, -0.2) is 61.9 Å². The van der Waals surface area contributed by atoms with Gasteiger partial charge in [-0.1, -0.05) is 32.0 Å². The number of nitrogens with one attached hydrogen (secondary N) is 2. The van der Waals surface area contributed by atoms with E-state index >= 15 is 0 Å². The fourth-order valence-electron chi connectivity index (χ4n) is 6.45. The fourth-order valence-corrected chi connectivity index (χ4v) is 6.45. The average molecular weight is 460 g/mol. The number of carbonyl (C=O) groups excluding carboxylic acids is 1. The molecule has 3 N–H and O–H groups in total. The van der Waals surface area contributed by atoms with Crippen LogP contribution in [0.2, 0.25) is 0 Å². The number of nitrogens with zero attached hydrogens (tertiary/aromatic N) is 1. The number of aliphatic hydroxyl groups is 1. The Morgan fingerprint density at radius 1 is 1.18 bits per heavy atom. The van der Waals surface area contributed by atoms with Gasteiger partial charge in [-0.15, -0.1) is 0 Å². The summed E-state index contributed by atoms with van der Waals surface area (Å²) in [6.45, 7) is 8.93. The molecule has 0 saturated heterocycles. The Morgan fingerprint density at radius 2 is 1.91 bits per heavy atom. The molecule has 1 amide bonds. The van der Waals surface area contributed by atoms with Gasteiger partial charge in [0.15, 0.2) is 0 Å². The minimum Gasteiger partial charge on any atom is -0.496 e. The van der Waals surface area contributed by atoms with Crippen LogP contribution in [0.5, 0.6) is 5.75 Å². The van der Waals surface area contributed by atoms with Crippen LogP contribution >= 0.6 is 0 Å². The van der Waals surface area contributed by atoms with Gasteiger partial charge in [0.2, 0.25) is 5.91 Å². The minimum atomic E-state index is -0.628. The summed E-state index contributed by atoms with van der Waals surface area (Å²) >= 11 is 0. The van der Waals surface area contributed by atoms with Crippen LogP contribution in [0.3, 0.4) is 0 Å². The van der Waals surface area contributed by atoms with Gasteiger partial charge in [-0.2, -0.15) is 0 Å². The summed E-state index contributed by atoms with van der Waals surface area (Å²) in [7, 11) is 5.75. The third-order valence-corrected chi connectivity index (χ3v) is 8.26. The number of hydrogen-bond donors (Lipinski definition) is 3. The Bertz CT molecular complexity index is 808. The minimum absolute atomic E-state index is 0.00659. The summed E-state index contributed by atoms with van der Waals surface area (Å²) in [5.41, 5.74) is 0.633. The van der Waals surface area contributed by atoms with Gasteiger partial charge in [-0.05, 0) is 75.9 Å². The Kier molecular flexibility index (Phi) is 8.13. The van der Waals surface area contributed by atoms with Gasteiger partial charge in [0.25, 0.3) is 0 Å². The SMILES string of the molecule is COc1ccccc1CN[C@H]1CC(C)(C)[C@@H]2C[C@](C)(O)CC[C@@]12CCC(=O)NCCN(C)C. The van der Waals surface area contributed by atoms with E-state index in [1.54, 1.807) is 7.11 Å². The van der Waals surface area contributed by atoms with Gasteiger partial charge in [0.05, 0.1) is 12.7 Å². The lowest BCUT2D eigenvalue weighted by molar-refractivity contribution is -0.123. The Labute approximate surface area is 200 Å². The van der Waals surface area contributed by atoms with Gasteiger partial charge < -0.3 is 25.4 Å². The summed E-state index contributed by atoms with van der Waals surface area (Å²) in [5, 5.41) is 17.9. The van der Waals surface area contributed by atoms with E-state index in [1.807, 2.05) is 39.2 Å². The van der Waals surface area contributed by atoms with E-state index in [9.17, 15) is 9.90 Å². The maximum atomic E-state index is 12.7. The van der Waals surface area contributed by atoms with E-state index in [-0.39, 0.29) is 16.7 Å². The van der Waals surface area contributed by atoms with E-state index in [4.69, 9.17) is 4.74 Å². The topological polar surface area (TPSA) is 73.8 Å². The summed E-state index contributed by atoms with van der Waals surface area (Å²) in [6, 6.07) is 8.46. The van der Waals surface area contributed by atoms with Gasteiger partial charge in [-0.3, -0.25) is 4.79 Å². The number of carbonyl (C=O) groups is 1. The molecule has 6 heteroatoms. The summed E-state index contributed by atoms with van der Waals surface area (Å²) in [4.78, 5) is 14.8. The first-order valence-electron chi connectivity index (χ1n) is 12.5. The lowest BCUT2D eigenvalue weighted by Crippen LogP contribution is -2.51. The monoisotopic (exact) mass is 459 g/mol. The number of methoxy groups -OCH3 is 1. The zero-order chi connectivity index (χ0) is 24.3. The number of ether oxygens (including phenoxy) is 1. The molecule has 0 aromatic heterocycles. The molecule has 0 bridgehead atoms. The van der Waals surface area contributed by atoms with E-state index in [2.05, 4.69) is 35.4 Å². The van der Waals surface area contributed by atoms with Crippen molar-refractivity contribution < 1.29 is 14.6 Å². The van der Waals surface area contributed by atoms with Gasteiger partial charge in [0, 0.05) is 37.7 Å². The van der Waals surface area contributed by atoms with Gasteiger partial charge in [-0.25, -0.2) is 0 Å². The molecule has 33 heavy (non-hydrogen) atoms. The first kappa shape index (κ1) is 26.0. The Morgan fingerprint density at radius 3 is 2.61 bits per heavy atom. The molecule has 0 heterocycles. The largest absolute Gasteiger partial charge is 0.496 e. The number of likely N-dealkylation sites (N-methyl/N-ethyl adjacent to an activating group) is 1. The lowest BCUT2D eigenvalue weighted by Gasteiger charge is -2.51. The van der Waals surface area contributed by atoms with Crippen LogP contribution in [0.4, 0.5) is 0 Å². The smallest absolute Gasteiger partial charge is 0.220 e. The molecular weight excluding hydrogens is 414 g/mol. The van der Waals surface area contributed by atoms with Crippen LogP contribution < -0.4 is 15.4 Å². The number of fused-ring (bicyclic) bond motifs is 1. The molecule has 0 aliphatic heterocycles. The predicted octanol–water partition coefficient (Wildman–Crippen LogP) is 3.58. The molecular formula is C27H45N3O3. The van der Waals surface area contributed by atoms with Crippen LogP contribution in [0.15, 0.2) is 24.3 Å². The molecule has 1 aromatic rings. The zero-order valence-corrected chi connectivity index (χ0v) is 21.5. The van der Waals surface area contributed by atoms with E-state index in [1.165, 1.54) is 0 Å². The summed E-state index contributed by atoms with van der Waals surface area (Å²) in [6.07, 6.45) is 4.97. The van der Waals surface area contributed by atoms with Crippen LogP contribution in [0.25, 0.3) is 0 Å². The van der Waals surface area contributed by atoms with Crippen molar-refractivity contribution in [3.63, 3.8) is 0 Å². The number of hydrogen-bond acceptors (Lipinski definition) is 5. The molecule has 2 aliphatic carbocycles. The molecule has 6 nitrogen and oxygen atoms in total. The summed E-state index contributed by atoms with van der Waals surface area (Å²) < 4.78 is 5.56. The van der Waals surface area contributed by atoms with Crippen molar-refractivity contribution in [3.8, 4) is 5.75 Å². The van der Waals surface area contributed by atoms with Crippen molar-refractivity contribution >= 4 is 5.91 Å². The number of para-hydroxylation sites is 1. The van der Waals surface area contributed by atoms with E-state index in [0.29, 0.717) is 24.9 Å². The van der Waals surface area contributed by atoms with Crippen LogP contribution in [-0.2, 0) is 11.3 Å². The molecule has 0 spiro atoms. The lowest BCUT2D eigenvalue weighted by atomic mass is 9.57.